The molecule has 31 heavy (non-hydrogen) atoms. The molecule has 3 rings (SSSR count). The third kappa shape index (κ3) is 5.64. The van der Waals surface area contributed by atoms with Crippen molar-refractivity contribution in [2.45, 2.75) is 31.2 Å². The smallest absolute Gasteiger partial charge is 0.340 e. The van der Waals surface area contributed by atoms with Crippen LogP contribution in [0.25, 0.3) is 0 Å². The van der Waals surface area contributed by atoms with E-state index in [1.165, 1.54) is 22.5 Å². The fourth-order valence-corrected chi connectivity index (χ4v) is 5.11. The van der Waals surface area contributed by atoms with E-state index in [9.17, 15) is 18.0 Å². The lowest BCUT2D eigenvalue weighted by molar-refractivity contribution is -0.134. The number of likely N-dealkylation sites (N-methyl/N-ethyl adjacent to an activating group) is 1. The molecule has 0 spiro atoms. The molecule has 2 aromatic rings. The number of sulfonamides is 1. The molecule has 0 N–H and O–H groups in total. The van der Waals surface area contributed by atoms with Crippen LogP contribution in [0, 0.1) is 0 Å². The molecule has 0 saturated carbocycles. The summed E-state index contributed by atoms with van der Waals surface area (Å²) in [6.45, 7) is 3.14. The zero-order valence-corrected chi connectivity index (χ0v) is 18.9. The van der Waals surface area contributed by atoms with Crippen molar-refractivity contribution >= 4 is 33.5 Å². The molecule has 0 aromatic heterocycles. The van der Waals surface area contributed by atoms with Gasteiger partial charge in [-0.3, -0.25) is 4.79 Å². The van der Waals surface area contributed by atoms with E-state index in [2.05, 4.69) is 0 Å². The van der Waals surface area contributed by atoms with E-state index in [4.69, 9.17) is 16.3 Å². The minimum absolute atomic E-state index is 0.0173. The minimum atomic E-state index is -3.70. The van der Waals surface area contributed by atoms with E-state index in [1.54, 1.807) is 4.90 Å². The Labute approximate surface area is 187 Å². The Hall–Kier alpha value is -2.42. The third-order valence-electron chi connectivity index (χ3n) is 5.14. The quantitative estimate of drug-likeness (QED) is 0.559. The summed E-state index contributed by atoms with van der Waals surface area (Å²) in [6, 6.07) is 13.4. The summed E-state index contributed by atoms with van der Waals surface area (Å²) in [7, 11) is -3.70. The predicted octanol–water partition coefficient (Wildman–Crippen LogP) is 3.33. The van der Waals surface area contributed by atoms with Crippen molar-refractivity contribution in [2.24, 2.45) is 0 Å². The molecule has 0 radical (unpaired) electrons. The van der Waals surface area contributed by atoms with Gasteiger partial charge in [-0.15, -0.1) is 0 Å². The largest absolute Gasteiger partial charge is 0.452 e. The molecule has 1 fully saturated rings. The molecule has 0 atom stereocenters. The van der Waals surface area contributed by atoms with Crippen molar-refractivity contribution in [2.75, 3.05) is 26.2 Å². The van der Waals surface area contributed by atoms with Crippen molar-refractivity contribution < 1.29 is 22.7 Å². The van der Waals surface area contributed by atoms with E-state index in [1.807, 2.05) is 37.3 Å². The number of nitrogens with zero attached hydrogens (tertiary/aromatic N) is 2. The number of esters is 1. The molecular weight excluding hydrogens is 440 g/mol. The average Bonchev–Trinajstić information content (AvgIpc) is 3.32. The van der Waals surface area contributed by atoms with Crippen LogP contribution in [0.3, 0.4) is 0 Å². The summed E-state index contributed by atoms with van der Waals surface area (Å²) in [6.07, 6.45) is 1.61. The number of ether oxygens (including phenoxy) is 1. The predicted molar refractivity (Wildman–Crippen MR) is 117 cm³/mol. The topological polar surface area (TPSA) is 84.0 Å². The number of carbonyl (C=O) groups excluding carboxylic acids is 2. The highest BCUT2D eigenvalue weighted by Crippen LogP contribution is 2.25. The second kappa shape index (κ2) is 10.3. The average molecular weight is 465 g/mol. The summed E-state index contributed by atoms with van der Waals surface area (Å²) in [5.41, 5.74) is 0.882. The molecule has 1 heterocycles. The maximum absolute atomic E-state index is 12.8. The highest BCUT2D eigenvalue weighted by Gasteiger charge is 2.28. The van der Waals surface area contributed by atoms with Crippen molar-refractivity contribution in [1.29, 1.82) is 0 Å². The minimum Gasteiger partial charge on any atom is -0.452 e. The number of benzene rings is 2. The Morgan fingerprint density at radius 1 is 1.10 bits per heavy atom. The van der Waals surface area contributed by atoms with Crippen LogP contribution in [0.2, 0.25) is 5.02 Å². The van der Waals surface area contributed by atoms with Crippen LogP contribution >= 0.6 is 11.6 Å². The first-order valence-corrected chi connectivity index (χ1v) is 11.9. The van der Waals surface area contributed by atoms with Gasteiger partial charge in [0.15, 0.2) is 6.61 Å². The third-order valence-corrected chi connectivity index (χ3v) is 7.36. The van der Waals surface area contributed by atoms with Crippen molar-refractivity contribution in [3.8, 4) is 0 Å². The normalized spacial score (nSPS) is 14.4. The molecule has 9 heteroatoms. The number of rotatable bonds is 8. The van der Waals surface area contributed by atoms with Gasteiger partial charge in [-0.2, -0.15) is 4.31 Å². The van der Waals surface area contributed by atoms with Gasteiger partial charge in [-0.05, 0) is 43.5 Å². The van der Waals surface area contributed by atoms with Crippen molar-refractivity contribution in [1.82, 2.24) is 9.21 Å². The Kier molecular flexibility index (Phi) is 7.69. The van der Waals surface area contributed by atoms with Crippen LogP contribution in [-0.4, -0.2) is 55.7 Å². The number of halogens is 1. The van der Waals surface area contributed by atoms with Crippen molar-refractivity contribution in [3.63, 3.8) is 0 Å². The highest BCUT2D eigenvalue weighted by atomic mass is 35.5. The maximum Gasteiger partial charge on any atom is 0.340 e. The van der Waals surface area contributed by atoms with E-state index < -0.39 is 22.6 Å². The van der Waals surface area contributed by atoms with E-state index in [0.717, 1.165) is 18.4 Å². The Morgan fingerprint density at radius 3 is 2.42 bits per heavy atom. The standard InChI is InChI=1S/C22H25ClN2O5S/c1-2-24(15-17-8-4-3-5-9-17)21(26)16-30-22(27)19-14-18(10-11-20(19)23)31(28,29)25-12-6-7-13-25/h3-5,8-11,14H,2,6-7,12-13,15-16H2,1H3. The lowest BCUT2D eigenvalue weighted by Crippen LogP contribution is -2.34. The van der Waals surface area contributed by atoms with Crippen LogP contribution in [0.1, 0.15) is 35.7 Å². The Balaban J connectivity index is 1.67. The van der Waals surface area contributed by atoms with E-state index >= 15 is 0 Å². The monoisotopic (exact) mass is 464 g/mol. The summed E-state index contributed by atoms with van der Waals surface area (Å²) in [5, 5.41) is 0.0643. The van der Waals surface area contributed by atoms with Gasteiger partial charge in [0.05, 0.1) is 15.5 Å². The molecule has 1 aliphatic rings. The molecule has 166 valence electrons. The zero-order valence-electron chi connectivity index (χ0n) is 17.3. The number of amides is 1. The first kappa shape index (κ1) is 23.2. The SMILES string of the molecule is CCN(Cc1ccccc1)C(=O)COC(=O)c1cc(S(=O)(=O)N2CCCC2)ccc1Cl. The van der Waals surface area contributed by atoms with Gasteiger partial charge in [0.25, 0.3) is 5.91 Å². The summed E-state index contributed by atoms with van der Waals surface area (Å²) >= 11 is 6.11. The van der Waals surface area contributed by atoms with Crippen LogP contribution < -0.4 is 0 Å². The highest BCUT2D eigenvalue weighted by molar-refractivity contribution is 7.89. The molecule has 7 nitrogen and oxygen atoms in total. The first-order valence-electron chi connectivity index (χ1n) is 10.1. The number of hydrogen-bond acceptors (Lipinski definition) is 5. The molecule has 2 aromatic carbocycles. The molecule has 0 aliphatic carbocycles. The van der Waals surface area contributed by atoms with Gasteiger partial charge in [-0.1, -0.05) is 41.9 Å². The first-order chi connectivity index (χ1) is 14.8. The molecule has 1 saturated heterocycles. The van der Waals surface area contributed by atoms with Crippen LogP contribution in [0.4, 0.5) is 0 Å². The summed E-state index contributed by atoms with van der Waals surface area (Å²) < 4.78 is 32.1. The molecule has 1 amide bonds. The van der Waals surface area contributed by atoms with Gasteiger partial charge in [0.1, 0.15) is 0 Å². The fourth-order valence-electron chi connectivity index (χ4n) is 3.38. The second-order valence-electron chi connectivity index (χ2n) is 7.22. The number of hydrogen-bond donors (Lipinski definition) is 0. The summed E-state index contributed by atoms with van der Waals surface area (Å²) in [4.78, 5) is 26.6. The number of carbonyl (C=O) groups is 2. The lowest BCUT2D eigenvalue weighted by Gasteiger charge is -2.21. The van der Waals surface area contributed by atoms with E-state index in [-0.39, 0.29) is 21.4 Å². The van der Waals surface area contributed by atoms with Crippen LogP contribution in [0.5, 0.6) is 0 Å². The van der Waals surface area contributed by atoms with Gasteiger partial charge >= 0.3 is 5.97 Å². The molecule has 1 aliphatic heterocycles. The van der Waals surface area contributed by atoms with E-state index in [0.29, 0.717) is 26.2 Å². The maximum atomic E-state index is 12.8. The fraction of sp³-hybridized carbons (Fsp3) is 0.364. The lowest BCUT2D eigenvalue weighted by atomic mass is 10.2. The van der Waals surface area contributed by atoms with Crippen molar-refractivity contribution in [3.05, 3.63) is 64.7 Å². The second-order valence-corrected chi connectivity index (χ2v) is 9.57. The van der Waals surface area contributed by atoms with Gasteiger partial charge in [0.2, 0.25) is 10.0 Å². The molecular formula is C22H25ClN2O5S. The Bertz CT molecular complexity index is 1040. The molecule has 0 bridgehead atoms. The van der Waals surface area contributed by atoms with Gasteiger partial charge in [0, 0.05) is 26.2 Å². The summed E-state index contributed by atoms with van der Waals surface area (Å²) in [5.74, 6) is -1.19. The molecule has 0 unspecified atom stereocenters. The van der Waals surface area contributed by atoms with Crippen LogP contribution in [-0.2, 0) is 26.1 Å². The van der Waals surface area contributed by atoms with Crippen LogP contribution in [0.15, 0.2) is 53.4 Å². The Morgan fingerprint density at radius 2 is 1.77 bits per heavy atom. The zero-order chi connectivity index (χ0) is 22.4. The van der Waals surface area contributed by atoms with Gasteiger partial charge in [-0.25, -0.2) is 13.2 Å². The van der Waals surface area contributed by atoms with Gasteiger partial charge < -0.3 is 9.64 Å².